The fraction of sp³-hybridized carbons (Fsp3) is 0.478. The summed E-state index contributed by atoms with van der Waals surface area (Å²) in [7, 11) is 0. The first-order valence-corrected chi connectivity index (χ1v) is 11.2. The van der Waals surface area contributed by atoms with E-state index in [1.807, 2.05) is 30.6 Å². The number of halogens is 6. The minimum atomic E-state index is -5.08. The smallest absolute Gasteiger partial charge is 0.477 e. The van der Waals surface area contributed by atoms with Gasteiger partial charge in [-0.3, -0.25) is 9.88 Å². The number of alkyl halides is 6. The maximum absolute atomic E-state index is 10.6. The van der Waals surface area contributed by atoms with Gasteiger partial charge in [0.2, 0.25) is 5.88 Å². The zero-order chi connectivity index (χ0) is 28.3. The molecule has 3 heterocycles. The Hall–Kier alpha value is -3.46. The van der Waals surface area contributed by atoms with Gasteiger partial charge in [0.1, 0.15) is 0 Å². The SMILES string of the molecule is O=C(O)C(F)(F)F.O=C(O)C(F)(F)F.c1ccc(OCC2CC3OCCN(Cc4ccncc4)C3C2)nc1. The number of carboxylic acids is 2. The van der Waals surface area contributed by atoms with Crippen molar-refractivity contribution >= 4 is 11.9 Å². The first kappa shape index (κ1) is 30.8. The quantitative estimate of drug-likeness (QED) is 0.533. The number of carboxylic acid groups (broad SMARTS) is 2. The Balaban J connectivity index is 0.000000301. The Morgan fingerprint density at radius 1 is 0.974 bits per heavy atom. The third kappa shape index (κ3) is 10.5. The molecule has 2 aromatic heterocycles. The zero-order valence-electron chi connectivity index (χ0n) is 19.7. The van der Waals surface area contributed by atoms with Gasteiger partial charge in [-0.25, -0.2) is 14.6 Å². The maximum atomic E-state index is 10.6. The van der Waals surface area contributed by atoms with E-state index in [2.05, 4.69) is 27.0 Å². The van der Waals surface area contributed by atoms with Crippen LogP contribution in [-0.4, -0.2) is 81.3 Å². The van der Waals surface area contributed by atoms with E-state index in [-0.39, 0.29) is 0 Å². The molecule has 2 N–H and O–H groups in total. The molecule has 1 aliphatic carbocycles. The molecule has 1 saturated heterocycles. The van der Waals surface area contributed by atoms with Gasteiger partial charge >= 0.3 is 24.3 Å². The fourth-order valence-electron chi connectivity index (χ4n) is 3.82. The number of aliphatic carboxylic acids is 2. The molecule has 1 aliphatic heterocycles. The van der Waals surface area contributed by atoms with E-state index in [1.54, 1.807) is 6.20 Å². The van der Waals surface area contributed by atoms with Crippen molar-refractivity contribution in [2.75, 3.05) is 19.8 Å². The summed E-state index contributed by atoms with van der Waals surface area (Å²) in [5.74, 6) is -4.28. The van der Waals surface area contributed by atoms with Crippen LogP contribution >= 0.6 is 0 Å². The largest absolute Gasteiger partial charge is 0.490 e. The van der Waals surface area contributed by atoms with Gasteiger partial charge in [0, 0.05) is 43.8 Å². The molecule has 4 rings (SSSR count). The molecule has 38 heavy (non-hydrogen) atoms. The van der Waals surface area contributed by atoms with Crippen LogP contribution < -0.4 is 4.74 Å². The lowest BCUT2D eigenvalue weighted by molar-refractivity contribution is -0.193. The van der Waals surface area contributed by atoms with Crippen molar-refractivity contribution in [2.45, 2.75) is 43.9 Å². The summed E-state index contributed by atoms with van der Waals surface area (Å²) in [6, 6.07) is 10.5. The van der Waals surface area contributed by atoms with Crippen molar-refractivity contribution in [2.24, 2.45) is 5.92 Å². The molecule has 9 nitrogen and oxygen atoms in total. The van der Waals surface area contributed by atoms with Crippen molar-refractivity contribution in [3.63, 3.8) is 0 Å². The number of hydrogen-bond acceptors (Lipinski definition) is 7. The Morgan fingerprint density at radius 3 is 2.11 bits per heavy atom. The average Bonchev–Trinajstić information content (AvgIpc) is 3.28. The van der Waals surface area contributed by atoms with Crippen LogP contribution in [0.5, 0.6) is 5.88 Å². The molecule has 210 valence electrons. The van der Waals surface area contributed by atoms with Gasteiger partial charge in [0.25, 0.3) is 0 Å². The second kappa shape index (κ2) is 13.9. The lowest BCUT2D eigenvalue weighted by Crippen LogP contribution is -2.47. The second-order valence-electron chi connectivity index (χ2n) is 8.22. The van der Waals surface area contributed by atoms with Crippen molar-refractivity contribution < 1.29 is 55.6 Å². The Bertz CT molecular complexity index is 986. The third-order valence-corrected chi connectivity index (χ3v) is 5.47. The standard InChI is InChI=1S/C19H23N3O2.2C2HF3O2/c1-2-6-21-19(3-1)24-14-16-11-17-18(12-16)23-10-9-22(17)13-15-4-7-20-8-5-15;2*3-2(4,5)1(6)7/h1-8,16-18H,9-14H2;2*(H,6,7). The number of pyridine rings is 2. The van der Waals surface area contributed by atoms with Crippen LogP contribution in [0.25, 0.3) is 0 Å². The summed E-state index contributed by atoms with van der Waals surface area (Å²) in [6.07, 6.45) is -2.13. The predicted molar refractivity (Wildman–Crippen MR) is 118 cm³/mol. The average molecular weight is 553 g/mol. The summed E-state index contributed by atoms with van der Waals surface area (Å²) in [6.45, 7) is 3.51. The number of morpholine rings is 1. The molecule has 2 fully saturated rings. The number of nitrogens with zero attached hydrogens (tertiary/aromatic N) is 3. The molecule has 2 aliphatic rings. The fourth-order valence-corrected chi connectivity index (χ4v) is 3.82. The Morgan fingerprint density at radius 2 is 1.58 bits per heavy atom. The van der Waals surface area contributed by atoms with Crippen molar-refractivity contribution in [1.29, 1.82) is 0 Å². The summed E-state index contributed by atoms with van der Waals surface area (Å²) in [5, 5.41) is 14.2. The lowest BCUT2D eigenvalue weighted by atomic mass is 10.1. The second-order valence-corrected chi connectivity index (χ2v) is 8.22. The number of ether oxygens (including phenoxy) is 2. The van der Waals surface area contributed by atoms with E-state index in [4.69, 9.17) is 29.3 Å². The van der Waals surface area contributed by atoms with Crippen LogP contribution in [0, 0.1) is 5.92 Å². The number of carbonyl (C=O) groups is 2. The molecule has 0 spiro atoms. The van der Waals surface area contributed by atoms with Gasteiger partial charge in [0.05, 0.1) is 19.3 Å². The van der Waals surface area contributed by atoms with Crippen LogP contribution in [0.4, 0.5) is 26.3 Å². The maximum Gasteiger partial charge on any atom is 0.490 e. The molecule has 3 unspecified atom stereocenters. The van der Waals surface area contributed by atoms with Crippen molar-refractivity contribution in [3.8, 4) is 5.88 Å². The normalized spacial score (nSPS) is 21.2. The first-order valence-electron chi connectivity index (χ1n) is 11.2. The molecule has 0 radical (unpaired) electrons. The van der Waals surface area contributed by atoms with Crippen LogP contribution in [0.3, 0.4) is 0 Å². The topological polar surface area (TPSA) is 122 Å². The third-order valence-electron chi connectivity index (χ3n) is 5.47. The highest BCUT2D eigenvalue weighted by atomic mass is 19.4. The van der Waals surface area contributed by atoms with Crippen LogP contribution in [0.15, 0.2) is 48.9 Å². The molecule has 15 heteroatoms. The molecule has 3 atom stereocenters. The summed E-state index contributed by atoms with van der Waals surface area (Å²) < 4.78 is 75.4. The van der Waals surface area contributed by atoms with E-state index in [9.17, 15) is 26.3 Å². The highest BCUT2D eigenvalue weighted by molar-refractivity contribution is 5.73. The molecule has 0 bridgehead atoms. The lowest BCUT2D eigenvalue weighted by Gasteiger charge is -2.37. The summed E-state index contributed by atoms with van der Waals surface area (Å²) in [5.41, 5.74) is 1.32. The number of hydrogen-bond donors (Lipinski definition) is 2. The number of rotatable bonds is 5. The number of aromatic nitrogens is 2. The first-order chi connectivity index (χ1) is 17.8. The summed E-state index contributed by atoms with van der Waals surface area (Å²) in [4.78, 5) is 28.7. The summed E-state index contributed by atoms with van der Waals surface area (Å²) >= 11 is 0. The number of fused-ring (bicyclic) bond motifs is 1. The predicted octanol–water partition coefficient (Wildman–Crippen LogP) is 3.80. The van der Waals surface area contributed by atoms with Gasteiger partial charge in [-0.2, -0.15) is 26.3 Å². The van der Waals surface area contributed by atoms with E-state index >= 15 is 0 Å². The minimum absolute atomic E-state index is 0.331. The molecule has 2 aromatic rings. The molecule has 0 amide bonds. The van der Waals surface area contributed by atoms with Crippen molar-refractivity contribution in [1.82, 2.24) is 14.9 Å². The molecular weight excluding hydrogens is 528 g/mol. The highest BCUT2D eigenvalue weighted by Gasteiger charge is 2.41. The minimum Gasteiger partial charge on any atom is -0.477 e. The van der Waals surface area contributed by atoms with Crippen molar-refractivity contribution in [3.05, 3.63) is 54.5 Å². The van der Waals surface area contributed by atoms with E-state index in [0.29, 0.717) is 23.9 Å². The van der Waals surface area contributed by atoms with Gasteiger partial charge < -0.3 is 19.7 Å². The van der Waals surface area contributed by atoms with Gasteiger partial charge in [-0.1, -0.05) is 6.07 Å². The van der Waals surface area contributed by atoms with Gasteiger partial charge in [-0.05, 0) is 42.5 Å². The Labute approximate surface area is 213 Å². The van der Waals surface area contributed by atoms with E-state index < -0.39 is 24.3 Å². The molecule has 0 aromatic carbocycles. The van der Waals surface area contributed by atoms with E-state index in [1.165, 1.54) is 5.56 Å². The van der Waals surface area contributed by atoms with Gasteiger partial charge in [0.15, 0.2) is 0 Å². The highest BCUT2D eigenvalue weighted by Crippen LogP contribution is 2.35. The van der Waals surface area contributed by atoms with E-state index in [0.717, 1.165) is 39.1 Å². The van der Waals surface area contributed by atoms with Crippen LogP contribution in [0.1, 0.15) is 18.4 Å². The zero-order valence-corrected chi connectivity index (χ0v) is 19.7. The monoisotopic (exact) mass is 553 g/mol. The van der Waals surface area contributed by atoms with Gasteiger partial charge in [-0.15, -0.1) is 0 Å². The molecule has 1 saturated carbocycles. The molecular formula is C23H25F6N3O6. The Kier molecular flexibility index (Phi) is 11.3. The van der Waals surface area contributed by atoms with Crippen LogP contribution in [0.2, 0.25) is 0 Å². The van der Waals surface area contributed by atoms with Crippen LogP contribution in [-0.2, 0) is 20.9 Å².